The summed E-state index contributed by atoms with van der Waals surface area (Å²) < 4.78 is 26.7. The molecule has 1 atom stereocenters. The van der Waals surface area contributed by atoms with Crippen LogP contribution in [0.1, 0.15) is 29.7 Å². The van der Waals surface area contributed by atoms with E-state index in [9.17, 15) is 8.42 Å². The molecule has 22 heavy (non-hydrogen) atoms. The Labute approximate surface area is 135 Å². The number of aromatic amines is 1. The molecule has 7 heteroatoms. The lowest BCUT2D eigenvalue weighted by atomic mass is 10.0. The van der Waals surface area contributed by atoms with Crippen LogP contribution in [0, 0.1) is 0 Å². The van der Waals surface area contributed by atoms with Gasteiger partial charge in [-0.15, -0.1) is 0 Å². The largest absolute Gasteiger partial charge is 0.282 e. The summed E-state index contributed by atoms with van der Waals surface area (Å²) in [5.41, 5.74) is 2.99. The van der Waals surface area contributed by atoms with Crippen molar-refractivity contribution in [1.82, 2.24) is 14.5 Å². The first-order valence-corrected chi connectivity index (χ1v) is 9.19. The number of nitrogens with one attached hydrogen (secondary N) is 1. The van der Waals surface area contributed by atoms with Crippen molar-refractivity contribution in [1.29, 1.82) is 0 Å². The van der Waals surface area contributed by atoms with Gasteiger partial charge in [-0.1, -0.05) is 30.7 Å². The fourth-order valence-corrected chi connectivity index (χ4v) is 4.43. The molecule has 1 aromatic heterocycles. The second kappa shape index (κ2) is 6.02. The van der Waals surface area contributed by atoms with E-state index in [0.717, 1.165) is 16.8 Å². The number of aryl methyl sites for hydroxylation is 1. The quantitative estimate of drug-likeness (QED) is 0.931. The van der Waals surface area contributed by atoms with Crippen LogP contribution in [0.4, 0.5) is 0 Å². The van der Waals surface area contributed by atoms with Crippen LogP contribution in [0.3, 0.4) is 0 Å². The average Bonchev–Trinajstić information content (AvgIpc) is 2.96. The Morgan fingerprint density at radius 1 is 1.36 bits per heavy atom. The summed E-state index contributed by atoms with van der Waals surface area (Å²) in [6.45, 7) is 2.91. The molecule has 0 amide bonds. The first-order valence-electron chi connectivity index (χ1n) is 7.20. The van der Waals surface area contributed by atoms with Gasteiger partial charge in [-0.25, -0.2) is 8.42 Å². The molecule has 0 aliphatic carbocycles. The summed E-state index contributed by atoms with van der Waals surface area (Å²) in [4.78, 5) is 0. The monoisotopic (exact) mass is 339 g/mol. The van der Waals surface area contributed by atoms with Crippen molar-refractivity contribution in [2.75, 3.05) is 12.3 Å². The van der Waals surface area contributed by atoms with E-state index in [1.807, 2.05) is 19.1 Å². The molecule has 2 aromatic rings. The molecule has 1 aliphatic heterocycles. The molecule has 0 fully saturated rings. The minimum atomic E-state index is -3.29. The molecule has 0 saturated carbocycles. The maximum absolute atomic E-state index is 12.6. The fourth-order valence-electron chi connectivity index (χ4n) is 2.76. The normalized spacial score (nSPS) is 19.1. The summed E-state index contributed by atoms with van der Waals surface area (Å²) in [5, 5.41) is 7.63. The molecule has 5 nitrogen and oxygen atoms in total. The number of nitrogens with zero attached hydrogens (tertiary/aromatic N) is 2. The first-order chi connectivity index (χ1) is 10.5. The molecule has 0 bridgehead atoms. The minimum Gasteiger partial charge on any atom is -0.282 e. The number of aromatic nitrogens is 2. The molecule has 0 spiro atoms. The predicted octanol–water partition coefficient (Wildman–Crippen LogP) is 2.55. The van der Waals surface area contributed by atoms with E-state index in [0.29, 0.717) is 24.5 Å². The maximum Gasteiger partial charge on any atom is 0.214 e. The summed E-state index contributed by atoms with van der Waals surface area (Å²) in [7, 11) is -3.29. The van der Waals surface area contributed by atoms with E-state index < -0.39 is 10.0 Å². The number of sulfonamides is 1. The Morgan fingerprint density at radius 3 is 2.82 bits per heavy atom. The van der Waals surface area contributed by atoms with E-state index in [2.05, 4.69) is 10.2 Å². The average molecular weight is 340 g/mol. The molecule has 2 heterocycles. The lowest BCUT2D eigenvalue weighted by molar-refractivity contribution is 0.361. The van der Waals surface area contributed by atoms with Gasteiger partial charge in [0.2, 0.25) is 10.0 Å². The maximum atomic E-state index is 12.6. The molecule has 118 valence electrons. The molecule has 0 saturated heterocycles. The highest BCUT2D eigenvalue weighted by Crippen LogP contribution is 2.27. The third kappa shape index (κ3) is 3.19. The Morgan fingerprint density at radius 2 is 2.09 bits per heavy atom. The number of halogens is 1. The highest BCUT2D eigenvalue weighted by Gasteiger charge is 2.31. The number of benzene rings is 1. The van der Waals surface area contributed by atoms with Gasteiger partial charge >= 0.3 is 0 Å². The van der Waals surface area contributed by atoms with E-state index >= 15 is 0 Å². The second-order valence-corrected chi connectivity index (χ2v) is 8.22. The fraction of sp³-hybridized carbons (Fsp3) is 0.400. The lowest BCUT2D eigenvalue weighted by Gasteiger charge is -2.29. The van der Waals surface area contributed by atoms with E-state index in [1.54, 1.807) is 22.6 Å². The zero-order valence-corrected chi connectivity index (χ0v) is 13.9. The Kier molecular flexibility index (Phi) is 4.25. The minimum absolute atomic E-state index is 0.106. The first kappa shape index (κ1) is 15.5. The van der Waals surface area contributed by atoms with Gasteiger partial charge in [-0.3, -0.25) is 5.10 Å². The van der Waals surface area contributed by atoms with Gasteiger partial charge in [-0.05, 0) is 24.1 Å². The summed E-state index contributed by atoms with van der Waals surface area (Å²) in [6, 6.07) is 7.30. The summed E-state index contributed by atoms with van der Waals surface area (Å²) in [5.74, 6) is 0.241. The third-order valence-electron chi connectivity index (χ3n) is 4.02. The molecule has 0 radical (unpaired) electrons. The Balaban J connectivity index is 1.70. The van der Waals surface area contributed by atoms with Gasteiger partial charge in [0.05, 0.1) is 11.9 Å². The van der Waals surface area contributed by atoms with Crippen LogP contribution >= 0.6 is 11.6 Å². The van der Waals surface area contributed by atoms with Gasteiger partial charge in [0.1, 0.15) is 0 Å². The van der Waals surface area contributed by atoms with E-state index in [4.69, 9.17) is 11.6 Å². The van der Waals surface area contributed by atoms with Crippen molar-refractivity contribution < 1.29 is 8.42 Å². The number of rotatable bonds is 4. The van der Waals surface area contributed by atoms with Crippen molar-refractivity contribution in [3.8, 4) is 0 Å². The van der Waals surface area contributed by atoms with Gasteiger partial charge in [0.15, 0.2) is 0 Å². The van der Waals surface area contributed by atoms with Crippen molar-refractivity contribution in [2.45, 2.75) is 25.8 Å². The zero-order valence-electron chi connectivity index (χ0n) is 12.3. The Bertz CT molecular complexity index is 755. The van der Waals surface area contributed by atoms with Crippen LogP contribution in [0.15, 0.2) is 30.5 Å². The molecular weight excluding hydrogens is 322 g/mol. The van der Waals surface area contributed by atoms with Crippen LogP contribution in [0.5, 0.6) is 0 Å². The molecule has 1 unspecified atom stereocenters. The topological polar surface area (TPSA) is 66.1 Å². The van der Waals surface area contributed by atoms with Gasteiger partial charge in [-0.2, -0.15) is 9.40 Å². The third-order valence-corrected chi connectivity index (χ3v) is 6.06. The van der Waals surface area contributed by atoms with Gasteiger partial charge < -0.3 is 0 Å². The molecular formula is C15H18ClN3O2S. The molecule has 1 aliphatic rings. The number of fused-ring (bicyclic) bond motifs is 1. The SMILES string of the molecule is CC1CN(S(=O)(=O)CCc2ccc(Cl)cc2)Cc2cn[nH]c21. The number of hydrogen-bond acceptors (Lipinski definition) is 3. The van der Waals surface area contributed by atoms with Crippen LogP contribution in [-0.4, -0.2) is 35.2 Å². The van der Waals surface area contributed by atoms with Gasteiger partial charge in [0, 0.05) is 35.3 Å². The van der Waals surface area contributed by atoms with Crippen molar-refractivity contribution >= 4 is 21.6 Å². The van der Waals surface area contributed by atoms with Crippen LogP contribution in [0.25, 0.3) is 0 Å². The van der Waals surface area contributed by atoms with Crippen molar-refractivity contribution in [3.05, 3.63) is 52.3 Å². The zero-order chi connectivity index (χ0) is 15.7. The van der Waals surface area contributed by atoms with E-state index in [-0.39, 0.29) is 11.7 Å². The highest BCUT2D eigenvalue weighted by molar-refractivity contribution is 7.89. The smallest absolute Gasteiger partial charge is 0.214 e. The van der Waals surface area contributed by atoms with Crippen LogP contribution < -0.4 is 0 Å². The standard InChI is InChI=1S/C15H18ClN3O2S/c1-11-9-19(10-13-8-17-18-15(11)13)22(20,21)7-6-12-2-4-14(16)5-3-12/h2-5,8,11H,6-7,9-10H2,1H3,(H,17,18). The van der Waals surface area contributed by atoms with Crippen molar-refractivity contribution in [2.24, 2.45) is 0 Å². The summed E-state index contributed by atoms with van der Waals surface area (Å²) >= 11 is 5.84. The van der Waals surface area contributed by atoms with Crippen molar-refractivity contribution in [3.63, 3.8) is 0 Å². The van der Waals surface area contributed by atoms with Crippen LogP contribution in [0.2, 0.25) is 5.02 Å². The predicted molar refractivity (Wildman–Crippen MR) is 86.4 cm³/mol. The molecule has 1 aromatic carbocycles. The molecule has 3 rings (SSSR count). The second-order valence-electron chi connectivity index (χ2n) is 5.69. The Hall–Kier alpha value is -1.37. The highest BCUT2D eigenvalue weighted by atomic mass is 35.5. The lowest BCUT2D eigenvalue weighted by Crippen LogP contribution is -2.39. The number of H-pyrrole nitrogens is 1. The summed E-state index contributed by atoms with van der Waals surface area (Å²) in [6.07, 6.45) is 2.20. The van der Waals surface area contributed by atoms with Gasteiger partial charge in [0.25, 0.3) is 0 Å². The van der Waals surface area contributed by atoms with E-state index in [1.165, 1.54) is 0 Å². The van der Waals surface area contributed by atoms with Crippen LogP contribution in [-0.2, 0) is 23.0 Å². The molecule has 1 N–H and O–H groups in total. The number of hydrogen-bond donors (Lipinski definition) is 1.